The molecule has 3 aliphatic heterocycles. The van der Waals surface area contributed by atoms with E-state index in [-0.39, 0.29) is 18.5 Å². The maximum Gasteiger partial charge on any atom is 0.338 e. The van der Waals surface area contributed by atoms with Gasteiger partial charge in [0.15, 0.2) is 23.9 Å². The SMILES string of the molecule is COc1ccc(C(Cc2c(Cl)c[nH+]cc2Cl)OC(=O)c2cccc(CCCCCNC(C(=O)O[C@H]3CN4CCC3CC4)c3ccccc3)c2)cc1OC. The quantitative estimate of drug-likeness (QED) is 0.0866. The van der Waals surface area contributed by atoms with Gasteiger partial charge >= 0.3 is 11.9 Å². The smallest absolute Gasteiger partial charge is 0.338 e. The summed E-state index contributed by atoms with van der Waals surface area (Å²) < 4.78 is 23.2. The zero-order valence-corrected chi connectivity index (χ0v) is 31.8. The van der Waals surface area contributed by atoms with Gasteiger partial charge in [-0.2, -0.15) is 0 Å². The molecule has 3 atom stereocenters. The van der Waals surface area contributed by atoms with Crippen molar-refractivity contribution in [1.29, 1.82) is 0 Å². The van der Waals surface area contributed by atoms with Crippen molar-refractivity contribution >= 4 is 35.1 Å². The number of hydrogen-bond acceptors (Lipinski definition) is 8. The number of unbranched alkanes of at least 4 members (excludes halogenated alkanes) is 2. The molecule has 3 aliphatic rings. The van der Waals surface area contributed by atoms with Crippen LogP contribution in [0.15, 0.2) is 85.2 Å². The number of benzene rings is 3. The minimum absolute atomic E-state index is 0.0254. The molecule has 53 heavy (non-hydrogen) atoms. The van der Waals surface area contributed by atoms with E-state index in [1.807, 2.05) is 54.6 Å². The molecule has 0 amide bonds. The Morgan fingerprint density at radius 3 is 2.32 bits per heavy atom. The van der Waals surface area contributed by atoms with Crippen LogP contribution in [0.4, 0.5) is 0 Å². The minimum Gasteiger partial charge on any atom is -0.493 e. The molecule has 9 nitrogen and oxygen atoms in total. The lowest BCUT2D eigenvalue weighted by atomic mass is 9.86. The van der Waals surface area contributed by atoms with Crippen LogP contribution >= 0.6 is 23.2 Å². The van der Waals surface area contributed by atoms with Gasteiger partial charge in [-0.15, -0.1) is 0 Å². The van der Waals surface area contributed by atoms with Gasteiger partial charge in [0, 0.05) is 18.5 Å². The predicted molar refractivity (Wildman–Crippen MR) is 205 cm³/mol. The van der Waals surface area contributed by atoms with Gasteiger partial charge in [-0.1, -0.05) is 78.2 Å². The summed E-state index contributed by atoms with van der Waals surface area (Å²) in [5.41, 5.74) is 3.79. The van der Waals surface area contributed by atoms with Crippen molar-refractivity contribution in [3.05, 3.63) is 123 Å². The van der Waals surface area contributed by atoms with Gasteiger partial charge in [-0.25, -0.2) is 14.6 Å². The Labute approximate surface area is 321 Å². The monoisotopic (exact) mass is 760 g/mol. The number of pyridine rings is 1. The van der Waals surface area contributed by atoms with E-state index in [0.29, 0.717) is 50.7 Å². The van der Waals surface area contributed by atoms with Crippen LogP contribution in [0.1, 0.15) is 76.9 Å². The van der Waals surface area contributed by atoms with E-state index in [4.69, 9.17) is 42.1 Å². The van der Waals surface area contributed by atoms with Gasteiger partial charge in [0.05, 0.1) is 19.8 Å². The summed E-state index contributed by atoms with van der Waals surface area (Å²) in [7, 11) is 3.13. The molecule has 0 saturated carbocycles. The second-order valence-electron chi connectivity index (χ2n) is 13.8. The number of carbonyl (C=O) groups excluding carboxylic acids is 2. The fourth-order valence-electron chi connectivity index (χ4n) is 7.31. The molecule has 3 saturated heterocycles. The number of esters is 2. The van der Waals surface area contributed by atoms with E-state index in [1.54, 1.807) is 44.8 Å². The Kier molecular flexibility index (Phi) is 13.6. The number of hydrogen-bond donors (Lipinski definition) is 1. The molecule has 2 N–H and O–H groups in total. The number of carbonyl (C=O) groups is 2. The predicted octanol–water partition coefficient (Wildman–Crippen LogP) is 7.65. The number of aryl methyl sites for hydroxylation is 1. The van der Waals surface area contributed by atoms with Crippen molar-refractivity contribution in [2.75, 3.05) is 40.4 Å². The minimum atomic E-state index is -0.705. The van der Waals surface area contributed by atoms with Crippen molar-refractivity contribution in [2.45, 2.75) is 63.2 Å². The molecule has 3 fully saturated rings. The van der Waals surface area contributed by atoms with Crippen molar-refractivity contribution < 1.29 is 33.5 Å². The average Bonchev–Trinajstić information content (AvgIpc) is 3.19. The number of aromatic nitrogens is 1. The standard InChI is InChI=1S/C42H47Cl2N3O6/c1-50-36-16-15-31(23-38(36)51-2)37(24-33-34(43)25-45-26-35(33)44)52-41(48)32-14-9-11-28(22-32)10-5-4-8-19-46-40(30-12-6-3-7-13-30)42(49)53-39-27-47-20-17-29(39)18-21-47/h3,6-7,9,11-16,22-23,25-26,29,37,39-40,46H,4-5,8,10,17-21,24,27H2,1-2H3/p+1/t37?,39-,40?/m0/s1. The van der Waals surface area contributed by atoms with Gasteiger partial charge in [0.2, 0.25) is 0 Å². The third-order valence-electron chi connectivity index (χ3n) is 10.3. The molecule has 7 rings (SSSR count). The summed E-state index contributed by atoms with van der Waals surface area (Å²) in [6.07, 6.45) is 8.59. The second-order valence-corrected chi connectivity index (χ2v) is 14.6. The molecule has 3 aromatic carbocycles. The number of aromatic amines is 1. The third kappa shape index (κ3) is 10.1. The molecule has 2 unspecified atom stereocenters. The molecule has 0 spiro atoms. The molecule has 4 heterocycles. The first-order valence-corrected chi connectivity index (χ1v) is 19.2. The molecule has 280 valence electrons. The van der Waals surface area contributed by atoms with Crippen LogP contribution in [0.3, 0.4) is 0 Å². The summed E-state index contributed by atoms with van der Waals surface area (Å²) in [6.45, 7) is 3.74. The first-order valence-electron chi connectivity index (χ1n) is 18.4. The lowest BCUT2D eigenvalue weighted by Gasteiger charge is -2.44. The van der Waals surface area contributed by atoms with E-state index in [9.17, 15) is 9.59 Å². The maximum atomic E-state index is 13.6. The highest BCUT2D eigenvalue weighted by atomic mass is 35.5. The number of rotatable bonds is 17. The number of methoxy groups -OCH3 is 2. The summed E-state index contributed by atoms with van der Waals surface area (Å²) in [5, 5.41) is 4.36. The van der Waals surface area contributed by atoms with Crippen LogP contribution in [-0.4, -0.2) is 63.3 Å². The van der Waals surface area contributed by atoms with E-state index < -0.39 is 18.1 Å². The highest BCUT2D eigenvalue weighted by Gasteiger charge is 2.38. The van der Waals surface area contributed by atoms with Gasteiger partial charge in [-0.05, 0) is 98.6 Å². The van der Waals surface area contributed by atoms with E-state index in [2.05, 4.69) is 15.2 Å². The summed E-state index contributed by atoms with van der Waals surface area (Å²) >= 11 is 13.0. The topological polar surface area (TPSA) is 100 Å². The molecule has 11 heteroatoms. The maximum absolute atomic E-state index is 13.6. The third-order valence-corrected chi connectivity index (χ3v) is 11.0. The van der Waals surface area contributed by atoms with E-state index >= 15 is 0 Å². The first-order chi connectivity index (χ1) is 25.8. The van der Waals surface area contributed by atoms with Gasteiger partial charge in [0.25, 0.3) is 0 Å². The van der Waals surface area contributed by atoms with Gasteiger partial charge < -0.3 is 24.3 Å². The van der Waals surface area contributed by atoms with Crippen molar-refractivity contribution in [3.63, 3.8) is 0 Å². The van der Waals surface area contributed by atoms with Gasteiger partial charge in [-0.3, -0.25) is 4.90 Å². The van der Waals surface area contributed by atoms with Gasteiger partial charge in [0.1, 0.15) is 28.3 Å². The zero-order valence-electron chi connectivity index (χ0n) is 30.3. The molecular weight excluding hydrogens is 713 g/mol. The molecule has 1 aromatic heterocycles. The largest absolute Gasteiger partial charge is 0.493 e. The van der Waals surface area contributed by atoms with Crippen LogP contribution in [-0.2, 0) is 27.1 Å². The Hall–Kier alpha value is -4.15. The average molecular weight is 762 g/mol. The molecule has 0 radical (unpaired) electrons. The summed E-state index contributed by atoms with van der Waals surface area (Å²) in [5.74, 6) is 0.893. The number of piperidine rings is 3. The van der Waals surface area contributed by atoms with Crippen LogP contribution < -0.4 is 19.8 Å². The number of nitrogens with zero attached hydrogens (tertiary/aromatic N) is 1. The lowest BCUT2D eigenvalue weighted by Crippen LogP contribution is -2.52. The number of fused-ring (bicyclic) bond motifs is 3. The number of nitrogens with one attached hydrogen (secondary N) is 2. The Bertz CT molecular complexity index is 1810. The normalized spacial score (nSPS) is 18.9. The molecule has 0 aliphatic carbocycles. The highest BCUT2D eigenvalue weighted by Crippen LogP contribution is 2.36. The van der Waals surface area contributed by atoms with Crippen molar-refractivity contribution in [2.24, 2.45) is 5.92 Å². The first kappa shape index (κ1) is 38.6. The molecule has 2 bridgehead atoms. The fraction of sp³-hybridized carbons (Fsp3) is 0.405. The van der Waals surface area contributed by atoms with Crippen molar-refractivity contribution in [3.8, 4) is 11.5 Å². The van der Waals surface area contributed by atoms with Crippen LogP contribution in [0.25, 0.3) is 0 Å². The van der Waals surface area contributed by atoms with E-state index in [0.717, 1.165) is 69.3 Å². The highest BCUT2D eigenvalue weighted by molar-refractivity contribution is 6.35. The number of halogens is 2. The number of ether oxygens (including phenoxy) is 4. The number of H-pyrrole nitrogens is 1. The summed E-state index contributed by atoms with van der Waals surface area (Å²) in [4.78, 5) is 32.4. The Balaban J connectivity index is 1.04. The Morgan fingerprint density at radius 2 is 1.62 bits per heavy atom. The van der Waals surface area contributed by atoms with Crippen LogP contribution in [0.2, 0.25) is 10.0 Å². The van der Waals surface area contributed by atoms with Crippen LogP contribution in [0.5, 0.6) is 11.5 Å². The summed E-state index contributed by atoms with van der Waals surface area (Å²) in [6, 6.07) is 22.3. The lowest BCUT2D eigenvalue weighted by molar-refractivity contribution is -0.377. The molecular formula is C42H48Cl2N3O6+. The Morgan fingerprint density at radius 1 is 0.868 bits per heavy atom. The van der Waals surface area contributed by atoms with Crippen LogP contribution in [0, 0.1) is 5.92 Å². The fourth-order valence-corrected chi connectivity index (χ4v) is 7.84. The second kappa shape index (κ2) is 18.7. The van der Waals surface area contributed by atoms with Crippen molar-refractivity contribution in [1.82, 2.24) is 10.2 Å². The zero-order chi connectivity index (χ0) is 37.2. The van der Waals surface area contributed by atoms with E-state index in [1.165, 1.54) is 0 Å². The molecule has 4 aromatic rings.